The van der Waals surface area contributed by atoms with Crippen LogP contribution in [0.2, 0.25) is 0 Å². The lowest BCUT2D eigenvalue weighted by molar-refractivity contribution is -0.116. The Morgan fingerprint density at radius 2 is 2.19 bits per heavy atom. The number of carbonyl (C=O) groups is 2. The zero-order valence-electron chi connectivity index (χ0n) is 14.8. The molecule has 144 valence electrons. The van der Waals surface area contributed by atoms with Gasteiger partial charge in [-0.3, -0.25) is 9.59 Å². The van der Waals surface area contributed by atoms with Gasteiger partial charge in [-0.1, -0.05) is 5.16 Å². The number of aryl methyl sites for hydroxylation is 1. The summed E-state index contributed by atoms with van der Waals surface area (Å²) in [6.07, 6.45) is 0.145. The summed E-state index contributed by atoms with van der Waals surface area (Å²) in [5.74, 6) is 0.801. The molecule has 2 aromatic rings. The third-order valence-electron chi connectivity index (χ3n) is 4.04. The van der Waals surface area contributed by atoms with Gasteiger partial charge in [0, 0.05) is 29.6 Å². The molecule has 10 heteroatoms. The zero-order chi connectivity index (χ0) is 19.6. The lowest BCUT2D eigenvalue weighted by Crippen LogP contribution is -2.25. The SMILES string of the molecule is Cc1cc(NC(=O)C[C@H](C)S(=O)(=O)c2ccc3c(c2)NC(=O)CCS3)no1. The number of hydrogen-bond donors (Lipinski definition) is 2. The van der Waals surface area contributed by atoms with Crippen LogP contribution in [0, 0.1) is 6.92 Å². The molecule has 8 nitrogen and oxygen atoms in total. The summed E-state index contributed by atoms with van der Waals surface area (Å²) < 4.78 is 30.5. The summed E-state index contributed by atoms with van der Waals surface area (Å²) >= 11 is 1.50. The monoisotopic (exact) mass is 409 g/mol. The largest absolute Gasteiger partial charge is 0.360 e. The quantitative estimate of drug-likeness (QED) is 0.779. The number of hydrogen-bond acceptors (Lipinski definition) is 7. The molecule has 3 rings (SSSR count). The Kier molecular flexibility index (Phi) is 5.56. The number of sulfone groups is 1. The predicted octanol–water partition coefficient (Wildman–Crippen LogP) is 2.61. The van der Waals surface area contributed by atoms with E-state index in [1.165, 1.54) is 30.8 Å². The fraction of sp³-hybridized carbons (Fsp3) is 0.353. The van der Waals surface area contributed by atoms with Crippen molar-refractivity contribution in [2.45, 2.75) is 41.7 Å². The maximum Gasteiger partial charge on any atom is 0.226 e. The molecular weight excluding hydrogens is 390 g/mol. The van der Waals surface area contributed by atoms with E-state index in [-0.39, 0.29) is 23.0 Å². The van der Waals surface area contributed by atoms with E-state index in [1.807, 2.05) is 0 Å². The highest BCUT2D eigenvalue weighted by atomic mass is 32.2. The van der Waals surface area contributed by atoms with Crippen molar-refractivity contribution in [3.8, 4) is 0 Å². The lowest BCUT2D eigenvalue weighted by Gasteiger charge is -2.14. The van der Waals surface area contributed by atoms with Crippen molar-refractivity contribution in [3.63, 3.8) is 0 Å². The summed E-state index contributed by atoms with van der Waals surface area (Å²) in [7, 11) is -3.75. The molecule has 2 heterocycles. The molecule has 0 fully saturated rings. The second kappa shape index (κ2) is 7.73. The van der Waals surface area contributed by atoms with E-state index < -0.39 is 21.0 Å². The van der Waals surface area contributed by atoms with E-state index in [1.54, 1.807) is 19.1 Å². The molecule has 0 spiro atoms. The van der Waals surface area contributed by atoms with Crippen LogP contribution in [0.3, 0.4) is 0 Å². The molecule has 0 aliphatic carbocycles. The average molecular weight is 409 g/mol. The topological polar surface area (TPSA) is 118 Å². The van der Waals surface area contributed by atoms with Gasteiger partial charge in [0.25, 0.3) is 0 Å². The number of fused-ring (bicyclic) bond motifs is 1. The highest BCUT2D eigenvalue weighted by Gasteiger charge is 2.27. The molecule has 1 aromatic heterocycles. The van der Waals surface area contributed by atoms with E-state index >= 15 is 0 Å². The third-order valence-corrected chi connectivity index (χ3v) is 7.25. The molecule has 1 aliphatic heterocycles. The number of anilines is 2. The Bertz CT molecular complexity index is 984. The first kappa shape index (κ1) is 19.4. The molecule has 0 unspecified atom stereocenters. The van der Waals surface area contributed by atoms with Crippen molar-refractivity contribution in [2.24, 2.45) is 0 Å². The summed E-state index contributed by atoms with van der Waals surface area (Å²) in [4.78, 5) is 24.7. The number of rotatable bonds is 5. The first-order valence-corrected chi connectivity index (χ1v) is 10.8. The Morgan fingerprint density at radius 3 is 2.89 bits per heavy atom. The Morgan fingerprint density at radius 1 is 1.41 bits per heavy atom. The van der Waals surface area contributed by atoms with Crippen molar-refractivity contribution in [1.82, 2.24) is 5.16 Å². The summed E-state index contributed by atoms with van der Waals surface area (Å²) in [6, 6.07) is 6.19. The Hall–Kier alpha value is -2.33. The van der Waals surface area contributed by atoms with Gasteiger partial charge in [-0.2, -0.15) is 0 Å². The van der Waals surface area contributed by atoms with Gasteiger partial charge in [0.05, 0.1) is 15.8 Å². The van der Waals surface area contributed by atoms with Gasteiger partial charge in [0.1, 0.15) is 5.76 Å². The van der Waals surface area contributed by atoms with Crippen LogP contribution >= 0.6 is 11.8 Å². The normalized spacial score (nSPS) is 15.4. The standard InChI is InChI=1S/C17H19N3O5S2/c1-10-7-15(20-25-10)19-17(22)8-11(2)27(23,24)12-3-4-14-13(9-12)18-16(21)5-6-26-14/h3-4,7,9,11H,5-6,8H2,1-2H3,(H,18,21)(H,19,20,22)/t11-/m0/s1. The van der Waals surface area contributed by atoms with Crippen LogP contribution in [0.15, 0.2) is 38.6 Å². The number of aromatic nitrogens is 1. The fourth-order valence-corrected chi connectivity index (χ4v) is 4.91. The number of carbonyl (C=O) groups excluding carboxylic acids is 2. The molecule has 0 radical (unpaired) electrons. The van der Waals surface area contributed by atoms with Crippen LogP contribution in [0.25, 0.3) is 0 Å². The van der Waals surface area contributed by atoms with E-state index in [4.69, 9.17) is 4.52 Å². The number of benzene rings is 1. The predicted molar refractivity (Wildman–Crippen MR) is 102 cm³/mol. The van der Waals surface area contributed by atoms with Gasteiger partial charge in [0.15, 0.2) is 15.7 Å². The molecule has 2 N–H and O–H groups in total. The van der Waals surface area contributed by atoms with Crippen LogP contribution in [-0.2, 0) is 19.4 Å². The van der Waals surface area contributed by atoms with E-state index in [0.29, 0.717) is 23.6 Å². The van der Waals surface area contributed by atoms with Crippen molar-refractivity contribution in [1.29, 1.82) is 0 Å². The van der Waals surface area contributed by atoms with Crippen molar-refractivity contribution >= 4 is 44.9 Å². The van der Waals surface area contributed by atoms with E-state index in [2.05, 4.69) is 15.8 Å². The molecule has 0 saturated carbocycles. The number of amides is 2. The zero-order valence-corrected chi connectivity index (χ0v) is 16.4. The Labute approximate surface area is 161 Å². The van der Waals surface area contributed by atoms with Gasteiger partial charge < -0.3 is 15.2 Å². The van der Waals surface area contributed by atoms with Crippen LogP contribution < -0.4 is 10.6 Å². The molecular formula is C17H19N3O5S2. The van der Waals surface area contributed by atoms with Gasteiger partial charge in [-0.05, 0) is 32.0 Å². The van der Waals surface area contributed by atoms with Crippen molar-refractivity contribution < 1.29 is 22.5 Å². The minimum atomic E-state index is -3.75. The Balaban J connectivity index is 1.75. The van der Waals surface area contributed by atoms with Crippen LogP contribution in [-0.4, -0.2) is 36.4 Å². The van der Waals surface area contributed by atoms with Crippen LogP contribution in [0.1, 0.15) is 25.5 Å². The molecule has 2 amide bonds. The summed E-state index contributed by atoms with van der Waals surface area (Å²) in [5.41, 5.74) is 0.485. The molecule has 0 bridgehead atoms. The minimum absolute atomic E-state index is 0.0710. The summed E-state index contributed by atoms with van der Waals surface area (Å²) in [5, 5.41) is 7.94. The van der Waals surface area contributed by atoms with Gasteiger partial charge in [-0.15, -0.1) is 11.8 Å². The van der Waals surface area contributed by atoms with Crippen LogP contribution in [0.5, 0.6) is 0 Å². The first-order chi connectivity index (χ1) is 12.8. The molecule has 1 aromatic carbocycles. The molecule has 1 aliphatic rings. The maximum absolute atomic E-state index is 12.8. The third kappa shape index (κ3) is 4.51. The number of nitrogens with one attached hydrogen (secondary N) is 2. The van der Waals surface area contributed by atoms with Gasteiger partial charge in [-0.25, -0.2) is 8.42 Å². The maximum atomic E-state index is 12.8. The molecule has 27 heavy (non-hydrogen) atoms. The van der Waals surface area contributed by atoms with Crippen molar-refractivity contribution in [3.05, 3.63) is 30.0 Å². The number of nitrogens with zero attached hydrogens (tertiary/aromatic N) is 1. The molecule has 0 saturated heterocycles. The fourth-order valence-electron chi connectivity index (χ4n) is 2.60. The van der Waals surface area contributed by atoms with Crippen LogP contribution in [0.4, 0.5) is 11.5 Å². The average Bonchev–Trinajstić information content (AvgIpc) is 2.90. The second-order valence-corrected chi connectivity index (χ2v) is 9.74. The lowest BCUT2D eigenvalue weighted by atomic mass is 10.3. The van der Waals surface area contributed by atoms with E-state index in [0.717, 1.165) is 4.90 Å². The second-order valence-electron chi connectivity index (χ2n) is 6.24. The van der Waals surface area contributed by atoms with Gasteiger partial charge >= 0.3 is 0 Å². The summed E-state index contributed by atoms with van der Waals surface area (Å²) in [6.45, 7) is 3.16. The minimum Gasteiger partial charge on any atom is -0.360 e. The van der Waals surface area contributed by atoms with Crippen molar-refractivity contribution in [2.75, 3.05) is 16.4 Å². The number of thioether (sulfide) groups is 1. The molecule has 1 atom stereocenters. The highest BCUT2D eigenvalue weighted by Crippen LogP contribution is 2.33. The van der Waals surface area contributed by atoms with E-state index in [9.17, 15) is 18.0 Å². The smallest absolute Gasteiger partial charge is 0.226 e. The first-order valence-electron chi connectivity index (χ1n) is 8.29. The van der Waals surface area contributed by atoms with Gasteiger partial charge in [0.2, 0.25) is 11.8 Å². The highest BCUT2D eigenvalue weighted by molar-refractivity contribution is 7.99.